The largest absolute Gasteiger partial charge is 0.453 e. The maximum Gasteiger partial charge on any atom is 0.407 e. The summed E-state index contributed by atoms with van der Waals surface area (Å²) in [4.78, 5) is 27.8. The number of methoxy groups -OCH3 is 1. The van der Waals surface area contributed by atoms with Crippen LogP contribution in [0, 0.1) is 0 Å². The van der Waals surface area contributed by atoms with E-state index in [0.717, 1.165) is 52.8 Å². The van der Waals surface area contributed by atoms with Gasteiger partial charge in [0, 0.05) is 39.8 Å². The van der Waals surface area contributed by atoms with Gasteiger partial charge in [-0.05, 0) is 53.8 Å². The standard InChI is InChI=1S/C36H38BrN3O4S/c1-43-36(42)40-34(33(26-12-4-2-5-13-26)27-14-6-3-7-15-27)35(41)39-32-18-9-8-11-25(32)19-20-29-22-38-23-30(44-29)24-45-31-17-10-16-28(37)21-31/h2-18,21,29-30,33-34,38H,19-20,22-24H2,1H3,(H,39,41)(H,40,42)/t29-,30+,34?/m1/s1. The minimum absolute atomic E-state index is 0.0601. The molecule has 4 aromatic carbocycles. The molecule has 3 N–H and O–H groups in total. The fraction of sp³-hybridized carbons (Fsp3) is 0.278. The lowest BCUT2D eigenvalue weighted by molar-refractivity contribution is -0.118. The summed E-state index contributed by atoms with van der Waals surface area (Å²) in [7, 11) is 1.30. The van der Waals surface area contributed by atoms with Crippen LogP contribution in [0.3, 0.4) is 0 Å². The molecule has 0 spiro atoms. The Morgan fingerprint density at radius 2 is 1.58 bits per heavy atom. The molecule has 1 aliphatic rings. The third kappa shape index (κ3) is 9.43. The minimum atomic E-state index is -0.926. The molecule has 3 atom stereocenters. The van der Waals surface area contributed by atoms with E-state index in [1.54, 1.807) is 11.8 Å². The van der Waals surface area contributed by atoms with Gasteiger partial charge in [-0.15, -0.1) is 11.8 Å². The molecule has 45 heavy (non-hydrogen) atoms. The van der Waals surface area contributed by atoms with Crippen molar-refractivity contribution in [1.82, 2.24) is 10.6 Å². The Morgan fingerprint density at radius 3 is 2.27 bits per heavy atom. The van der Waals surface area contributed by atoms with Gasteiger partial charge in [-0.3, -0.25) is 4.79 Å². The molecule has 1 unspecified atom stereocenters. The van der Waals surface area contributed by atoms with Crippen molar-refractivity contribution in [3.63, 3.8) is 0 Å². The van der Waals surface area contributed by atoms with E-state index >= 15 is 0 Å². The molecule has 2 amide bonds. The SMILES string of the molecule is COC(=O)NC(C(=O)Nc1ccccc1CC[C@@H]1CNC[C@@H](CSc2cccc(Br)c2)O1)C(c1ccccc1)c1ccccc1. The van der Waals surface area contributed by atoms with E-state index < -0.39 is 18.1 Å². The second-order valence-electron chi connectivity index (χ2n) is 10.9. The number of alkyl carbamates (subject to hydrolysis) is 1. The van der Waals surface area contributed by atoms with Gasteiger partial charge >= 0.3 is 6.09 Å². The van der Waals surface area contributed by atoms with Crippen LogP contribution in [0.25, 0.3) is 0 Å². The molecule has 1 fully saturated rings. The van der Waals surface area contributed by atoms with Gasteiger partial charge in [0.05, 0.1) is 19.3 Å². The lowest BCUT2D eigenvalue weighted by Crippen LogP contribution is -2.48. The fourth-order valence-electron chi connectivity index (χ4n) is 5.56. The Bertz CT molecular complexity index is 1500. The summed E-state index contributed by atoms with van der Waals surface area (Å²) < 4.78 is 12.5. The van der Waals surface area contributed by atoms with Gasteiger partial charge in [0.15, 0.2) is 0 Å². The fourth-order valence-corrected chi connectivity index (χ4v) is 7.07. The summed E-state index contributed by atoms with van der Waals surface area (Å²) in [6.45, 7) is 1.61. The van der Waals surface area contributed by atoms with Crippen LogP contribution in [0.5, 0.6) is 0 Å². The summed E-state index contributed by atoms with van der Waals surface area (Å²) in [5.41, 5.74) is 3.53. The number of hydrogen-bond donors (Lipinski definition) is 3. The Labute approximate surface area is 277 Å². The number of thioether (sulfide) groups is 1. The van der Waals surface area contributed by atoms with Gasteiger partial charge < -0.3 is 25.4 Å². The maximum absolute atomic E-state index is 14.0. The first-order chi connectivity index (χ1) is 22.0. The quantitative estimate of drug-likeness (QED) is 0.139. The summed E-state index contributed by atoms with van der Waals surface area (Å²) in [5, 5.41) is 9.47. The minimum Gasteiger partial charge on any atom is -0.453 e. The predicted octanol–water partition coefficient (Wildman–Crippen LogP) is 7.03. The van der Waals surface area contributed by atoms with E-state index in [9.17, 15) is 9.59 Å². The molecule has 0 aromatic heterocycles. The first-order valence-electron chi connectivity index (χ1n) is 15.1. The number of carbonyl (C=O) groups excluding carboxylic acids is 2. The molecule has 234 valence electrons. The van der Waals surface area contributed by atoms with Crippen LogP contribution in [0.15, 0.2) is 119 Å². The number of aryl methyl sites for hydroxylation is 1. The van der Waals surface area contributed by atoms with Gasteiger partial charge in [0.1, 0.15) is 6.04 Å². The molecule has 5 rings (SSSR count). The average Bonchev–Trinajstić information content (AvgIpc) is 3.08. The second kappa shape index (κ2) is 16.6. The summed E-state index contributed by atoms with van der Waals surface area (Å²) in [6, 6.07) is 34.6. The number of rotatable bonds is 12. The smallest absolute Gasteiger partial charge is 0.407 e. The zero-order valence-electron chi connectivity index (χ0n) is 25.2. The van der Waals surface area contributed by atoms with E-state index in [0.29, 0.717) is 5.69 Å². The number of carbonyl (C=O) groups is 2. The molecular formula is C36H38BrN3O4S. The number of hydrogen-bond acceptors (Lipinski definition) is 6. The number of nitrogens with one attached hydrogen (secondary N) is 3. The zero-order valence-corrected chi connectivity index (χ0v) is 27.6. The first-order valence-corrected chi connectivity index (χ1v) is 16.9. The lowest BCUT2D eigenvalue weighted by atomic mass is 9.84. The van der Waals surface area contributed by atoms with E-state index in [1.807, 2.05) is 97.1 Å². The van der Waals surface area contributed by atoms with Crippen LogP contribution in [-0.4, -0.2) is 56.2 Å². The highest BCUT2D eigenvalue weighted by Gasteiger charge is 2.33. The Hall–Kier alpha value is -3.63. The molecular weight excluding hydrogens is 650 g/mol. The van der Waals surface area contributed by atoms with Crippen molar-refractivity contribution in [1.29, 1.82) is 0 Å². The third-order valence-corrected chi connectivity index (χ3v) is 9.38. The third-order valence-electron chi connectivity index (χ3n) is 7.76. The molecule has 1 saturated heterocycles. The van der Waals surface area contributed by atoms with Gasteiger partial charge in [-0.25, -0.2) is 4.79 Å². The van der Waals surface area contributed by atoms with Crippen molar-refractivity contribution >= 4 is 45.4 Å². The zero-order chi connectivity index (χ0) is 31.4. The van der Waals surface area contributed by atoms with Crippen molar-refractivity contribution in [2.75, 3.05) is 31.3 Å². The Balaban J connectivity index is 1.27. The van der Waals surface area contributed by atoms with Crippen molar-refractivity contribution < 1.29 is 19.1 Å². The summed E-state index contributed by atoms with van der Waals surface area (Å²) in [5.74, 6) is 0.100. The molecule has 0 bridgehead atoms. The van der Waals surface area contributed by atoms with E-state index in [4.69, 9.17) is 9.47 Å². The van der Waals surface area contributed by atoms with E-state index in [-0.39, 0.29) is 18.1 Å². The van der Waals surface area contributed by atoms with Crippen molar-refractivity contribution in [2.45, 2.75) is 41.9 Å². The Morgan fingerprint density at radius 1 is 0.911 bits per heavy atom. The van der Waals surface area contributed by atoms with Crippen LogP contribution < -0.4 is 16.0 Å². The normalized spacial score (nSPS) is 17.0. The number of ether oxygens (including phenoxy) is 2. The van der Waals surface area contributed by atoms with Crippen LogP contribution >= 0.6 is 27.7 Å². The number of benzene rings is 4. The number of halogens is 1. The molecule has 9 heteroatoms. The van der Waals surface area contributed by atoms with Gasteiger partial charge in [-0.2, -0.15) is 0 Å². The van der Waals surface area contributed by atoms with Crippen LogP contribution in [0.2, 0.25) is 0 Å². The van der Waals surface area contributed by atoms with Crippen molar-refractivity contribution in [2.24, 2.45) is 0 Å². The molecule has 0 aliphatic carbocycles. The van der Waals surface area contributed by atoms with Crippen LogP contribution in [0.1, 0.15) is 29.0 Å². The maximum atomic E-state index is 14.0. The molecule has 4 aromatic rings. The van der Waals surface area contributed by atoms with Crippen LogP contribution in [-0.2, 0) is 20.7 Å². The lowest BCUT2D eigenvalue weighted by Gasteiger charge is -2.31. The monoisotopic (exact) mass is 687 g/mol. The van der Waals surface area contributed by atoms with Crippen LogP contribution in [0.4, 0.5) is 10.5 Å². The second-order valence-corrected chi connectivity index (χ2v) is 12.9. The average molecular weight is 689 g/mol. The number of para-hydroxylation sites is 1. The van der Waals surface area contributed by atoms with Gasteiger partial charge in [0.25, 0.3) is 0 Å². The Kier molecular flexibility index (Phi) is 12.1. The number of amides is 2. The summed E-state index contributed by atoms with van der Waals surface area (Å²) in [6.07, 6.45) is 1.03. The van der Waals surface area contributed by atoms with E-state index in [2.05, 4.69) is 44.0 Å². The first kappa shape index (κ1) is 32.8. The van der Waals surface area contributed by atoms with Gasteiger partial charge in [-0.1, -0.05) is 101 Å². The predicted molar refractivity (Wildman–Crippen MR) is 184 cm³/mol. The highest BCUT2D eigenvalue weighted by Crippen LogP contribution is 2.30. The molecule has 7 nitrogen and oxygen atoms in total. The number of anilines is 1. The number of morpholine rings is 1. The van der Waals surface area contributed by atoms with Crippen molar-refractivity contribution in [3.05, 3.63) is 130 Å². The molecule has 1 heterocycles. The highest BCUT2D eigenvalue weighted by molar-refractivity contribution is 9.10. The molecule has 1 aliphatic heterocycles. The van der Waals surface area contributed by atoms with Gasteiger partial charge in [0.2, 0.25) is 5.91 Å². The van der Waals surface area contributed by atoms with Crippen molar-refractivity contribution in [3.8, 4) is 0 Å². The highest BCUT2D eigenvalue weighted by atomic mass is 79.9. The molecule has 0 radical (unpaired) electrons. The molecule has 0 saturated carbocycles. The summed E-state index contributed by atoms with van der Waals surface area (Å²) >= 11 is 5.34. The topological polar surface area (TPSA) is 88.7 Å². The van der Waals surface area contributed by atoms with E-state index in [1.165, 1.54) is 12.0 Å².